The summed E-state index contributed by atoms with van der Waals surface area (Å²) in [5.74, 6) is 0.961. The second-order valence-electron chi connectivity index (χ2n) is 12.2. The molecule has 1 heterocycles. The van der Waals surface area contributed by atoms with Gasteiger partial charge in [0.15, 0.2) is 24.1 Å². The van der Waals surface area contributed by atoms with E-state index >= 15 is 0 Å². The van der Waals surface area contributed by atoms with Crippen molar-refractivity contribution in [2.24, 2.45) is 10.7 Å². The molecule has 2 aliphatic rings. The number of aryl methyl sites for hydroxylation is 1. The first-order chi connectivity index (χ1) is 21.2. The van der Waals surface area contributed by atoms with Gasteiger partial charge in [0.25, 0.3) is 0 Å². The fraction of sp³-hybridized carbons (Fsp3) is 0.500. The standard InChI is InChI=1S/C34H47N5O5/c1-36-33(35)38-34(17-19-39-20-18-37-24-39,23-26-9-12-27(40)13-10-26)16-4-5-28(41)22-29(42)14-8-25-11-15-31(43)32(21-25)44-30-6-2-3-7-30/h9-13,15,18,20-21,30,37,40,43H,2-8,14,16-17,19,22-24H2,1H3,(H3,35,36,38)/p+1/t34-/m0/s1. The number of quaternary nitrogens is 1. The van der Waals surface area contributed by atoms with E-state index in [1.807, 2.05) is 24.4 Å². The Kier molecular flexibility index (Phi) is 12.1. The van der Waals surface area contributed by atoms with E-state index in [2.05, 4.69) is 21.8 Å². The van der Waals surface area contributed by atoms with Crippen LogP contribution < -0.4 is 26.0 Å². The molecule has 0 radical (unpaired) electrons. The highest BCUT2D eigenvalue weighted by Crippen LogP contribution is 2.32. The molecule has 44 heavy (non-hydrogen) atoms. The largest absolute Gasteiger partial charge is 0.508 e. The summed E-state index contributed by atoms with van der Waals surface area (Å²) in [5.41, 5.74) is 7.67. The third-order valence-corrected chi connectivity index (χ3v) is 8.62. The van der Waals surface area contributed by atoms with E-state index in [9.17, 15) is 19.8 Å². The summed E-state index contributed by atoms with van der Waals surface area (Å²) in [7, 11) is 1.64. The van der Waals surface area contributed by atoms with Crippen molar-refractivity contribution in [1.29, 1.82) is 0 Å². The van der Waals surface area contributed by atoms with Gasteiger partial charge in [-0.3, -0.25) is 19.5 Å². The van der Waals surface area contributed by atoms with E-state index in [-0.39, 0.29) is 42.0 Å². The maximum atomic E-state index is 12.9. The molecule has 0 amide bonds. The number of carbonyl (C=O) groups excluding carboxylic acids is 2. The number of nitrogens with zero attached hydrogens (tertiary/aromatic N) is 1. The second-order valence-corrected chi connectivity index (χ2v) is 12.2. The average molecular weight is 607 g/mol. The zero-order chi connectivity index (χ0) is 31.4. The number of carbonyl (C=O) groups is 2. The Morgan fingerprint density at radius 2 is 1.80 bits per heavy atom. The van der Waals surface area contributed by atoms with Crippen LogP contribution in [-0.4, -0.2) is 59.6 Å². The Morgan fingerprint density at radius 3 is 2.50 bits per heavy atom. The van der Waals surface area contributed by atoms with Gasteiger partial charge in [-0.25, -0.2) is 0 Å². The van der Waals surface area contributed by atoms with E-state index in [1.54, 1.807) is 31.3 Å². The minimum atomic E-state index is -0.467. The number of nitrogens with one attached hydrogen (secondary N) is 3. The van der Waals surface area contributed by atoms with Gasteiger partial charge in [-0.2, -0.15) is 0 Å². The number of aromatic hydroxyl groups is 2. The molecular formula is C34H48N5O5+. The highest BCUT2D eigenvalue weighted by atomic mass is 16.5. The monoisotopic (exact) mass is 606 g/mol. The third-order valence-electron chi connectivity index (χ3n) is 8.62. The van der Waals surface area contributed by atoms with Crippen LogP contribution >= 0.6 is 0 Å². The van der Waals surface area contributed by atoms with Crippen molar-refractivity contribution in [3.05, 3.63) is 66.0 Å². The molecule has 0 saturated heterocycles. The summed E-state index contributed by atoms with van der Waals surface area (Å²) in [6, 6.07) is 12.4. The summed E-state index contributed by atoms with van der Waals surface area (Å²) in [5, 5.41) is 26.7. The van der Waals surface area contributed by atoms with Crippen molar-refractivity contribution in [3.8, 4) is 17.2 Å². The number of hydrogen-bond acceptors (Lipinski definition) is 7. The Balaban J connectivity index is 1.31. The maximum Gasteiger partial charge on any atom is 0.188 e. The molecule has 0 spiro atoms. The molecule has 1 fully saturated rings. The molecular weight excluding hydrogens is 558 g/mol. The molecule has 2 atom stereocenters. The van der Waals surface area contributed by atoms with Crippen LogP contribution in [0.2, 0.25) is 0 Å². The number of guanidine groups is 1. The van der Waals surface area contributed by atoms with Crippen LogP contribution in [0.5, 0.6) is 17.2 Å². The van der Waals surface area contributed by atoms with Gasteiger partial charge in [0.1, 0.15) is 23.5 Å². The molecule has 0 aromatic heterocycles. The number of aliphatic imine (C=N–C) groups is 1. The van der Waals surface area contributed by atoms with Crippen LogP contribution in [0.25, 0.3) is 0 Å². The lowest BCUT2D eigenvalue weighted by Gasteiger charge is -2.36. The van der Waals surface area contributed by atoms with Crippen molar-refractivity contribution in [2.75, 3.05) is 20.3 Å². The minimum absolute atomic E-state index is 0.0704. The number of benzene rings is 2. The van der Waals surface area contributed by atoms with Crippen LogP contribution in [0, 0.1) is 0 Å². The van der Waals surface area contributed by atoms with Crippen molar-refractivity contribution in [3.63, 3.8) is 0 Å². The molecule has 2 aromatic rings. The lowest BCUT2D eigenvalue weighted by atomic mass is 9.82. The average Bonchev–Trinajstić information content (AvgIpc) is 3.72. The topological polar surface area (TPSA) is 151 Å². The quantitative estimate of drug-likeness (QED) is 0.0914. The van der Waals surface area contributed by atoms with Crippen molar-refractivity contribution >= 4 is 17.5 Å². The number of phenolic OH excluding ortho intramolecular Hbond substituents is 2. The summed E-state index contributed by atoms with van der Waals surface area (Å²) >= 11 is 0. The van der Waals surface area contributed by atoms with Crippen LogP contribution in [0.4, 0.5) is 0 Å². The molecule has 1 aliphatic heterocycles. The summed E-state index contributed by atoms with van der Waals surface area (Å²) < 4.78 is 5.98. The molecule has 4 rings (SSSR count). The van der Waals surface area contributed by atoms with E-state index in [0.717, 1.165) is 56.4 Å². The van der Waals surface area contributed by atoms with Crippen molar-refractivity contribution < 1.29 is 29.4 Å². The molecule has 1 aliphatic carbocycles. The first kappa shape index (κ1) is 32.9. The molecule has 0 bridgehead atoms. The number of ether oxygens (including phenoxy) is 1. The summed E-state index contributed by atoms with van der Waals surface area (Å²) in [6.45, 7) is 1.66. The first-order valence-electron chi connectivity index (χ1n) is 15.8. The molecule has 7 N–H and O–H groups in total. The zero-order valence-corrected chi connectivity index (χ0v) is 25.8. The van der Waals surface area contributed by atoms with E-state index in [1.165, 1.54) is 4.90 Å². The Labute approximate surface area is 260 Å². The number of ketones is 2. The lowest BCUT2D eigenvalue weighted by Crippen LogP contribution is -3.07. The molecule has 238 valence electrons. The number of rotatable bonds is 17. The number of nitrogens with two attached hydrogens (primary N) is 1. The third kappa shape index (κ3) is 10.3. The van der Waals surface area contributed by atoms with Crippen molar-refractivity contribution in [2.45, 2.75) is 88.7 Å². The molecule has 2 aromatic carbocycles. The fourth-order valence-electron chi connectivity index (χ4n) is 6.10. The molecule has 10 nitrogen and oxygen atoms in total. The van der Waals surface area contributed by atoms with Gasteiger partial charge in [-0.15, -0.1) is 0 Å². The Morgan fingerprint density at radius 1 is 1.07 bits per heavy atom. The SMILES string of the molecule is CN=C(N)N[C@@](CCCC(=O)CC(=O)CCc1ccc(O)c(OC2CCCC2)c1)(CC[NH+]1C=CNC1)Cc1ccc(O)cc1. The van der Waals surface area contributed by atoms with Gasteiger partial charge in [0.2, 0.25) is 0 Å². The first-order valence-corrected chi connectivity index (χ1v) is 15.8. The summed E-state index contributed by atoms with van der Waals surface area (Å²) in [6.07, 6.45) is 12.1. The van der Waals surface area contributed by atoms with Gasteiger partial charge in [-0.05, 0) is 86.8 Å². The fourth-order valence-corrected chi connectivity index (χ4v) is 6.10. The predicted octanol–water partition coefficient (Wildman–Crippen LogP) is 2.87. The lowest BCUT2D eigenvalue weighted by molar-refractivity contribution is -0.843. The Hall–Kier alpha value is -4.05. The molecule has 1 saturated carbocycles. The predicted molar refractivity (Wildman–Crippen MR) is 171 cm³/mol. The van der Waals surface area contributed by atoms with E-state index in [0.29, 0.717) is 43.8 Å². The summed E-state index contributed by atoms with van der Waals surface area (Å²) in [4.78, 5) is 31.1. The van der Waals surface area contributed by atoms with Crippen LogP contribution in [0.15, 0.2) is 59.9 Å². The van der Waals surface area contributed by atoms with E-state index < -0.39 is 5.54 Å². The number of hydrogen-bond donors (Lipinski definition) is 6. The Bertz CT molecular complexity index is 1310. The van der Waals surface area contributed by atoms with Gasteiger partial charge < -0.3 is 31.3 Å². The van der Waals surface area contributed by atoms with Gasteiger partial charge in [0, 0.05) is 31.8 Å². The van der Waals surface area contributed by atoms with Crippen LogP contribution in [0.3, 0.4) is 0 Å². The molecule has 1 unspecified atom stereocenters. The highest BCUT2D eigenvalue weighted by Gasteiger charge is 2.33. The zero-order valence-electron chi connectivity index (χ0n) is 25.8. The number of Topliss-reactive ketones (excluding diaryl/α,β-unsaturated/α-hetero) is 2. The maximum absolute atomic E-state index is 12.9. The minimum Gasteiger partial charge on any atom is -0.508 e. The second kappa shape index (κ2) is 16.1. The number of phenols is 2. The van der Waals surface area contributed by atoms with Crippen molar-refractivity contribution in [1.82, 2.24) is 10.6 Å². The van der Waals surface area contributed by atoms with Crippen LogP contribution in [0.1, 0.15) is 75.3 Å². The van der Waals surface area contributed by atoms with E-state index in [4.69, 9.17) is 10.5 Å². The van der Waals surface area contributed by atoms with Gasteiger partial charge in [-0.1, -0.05) is 18.2 Å². The molecule has 10 heteroatoms. The van der Waals surface area contributed by atoms with Crippen LogP contribution in [-0.2, 0) is 22.4 Å². The smallest absolute Gasteiger partial charge is 0.188 e. The normalized spacial score (nSPS) is 18.1. The highest BCUT2D eigenvalue weighted by molar-refractivity contribution is 5.99. The van der Waals surface area contributed by atoms with Gasteiger partial charge >= 0.3 is 0 Å². The van der Waals surface area contributed by atoms with Gasteiger partial charge in [0.05, 0.1) is 25.3 Å².